The largest absolute Gasteiger partial charge is 0.388 e. The van der Waals surface area contributed by atoms with E-state index >= 15 is 0 Å². The quantitative estimate of drug-likeness (QED) is 0.507. The Bertz CT molecular complexity index is 284. The van der Waals surface area contributed by atoms with E-state index in [4.69, 9.17) is 5.73 Å². The Labute approximate surface area is 71.3 Å². The Morgan fingerprint density at radius 2 is 2.42 bits per heavy atom. The molecule has 0 saturated heterocycles. The van der Waals surface area contributed by atoms with Gasteiger partial charge >= 0.3 is 0 Å². The van der Waals surface area contributed by atoms with Crippen molar-refractivity contribution in [1.82, 2.24) is 14.8 Å². The van der Waals surface area contributed by atoms with Gasteiger partial charge in [-0.1, -0.05) is 0 Å². The summed E-state index contributed by atoms with van der Waals surface area (Å²) in [5.74, 6) is 1.38. The fourth-order valence-corrected chi connectivity index (χ4v) is 1.03. The zero-order chi connectivity index (χ0) is 9.14. The van der Waals surface area contributed by atoms with Gasteiger partial charge in [0.1, 0.15) is 12.4 Å². The predicted octanol–water partition coefficient (Wildman–Crippen LogP) is 0.253. The van der Waals surface area contributed by atoms with E-state index in [1.165, 1.54) is 0 Å². The second-order valence-corrected chi connectivity index (χ2v) is 2.75. The van der Waals surface area contributed by atoms with Crippen LogP contribution in [0.1, 0.15) is 25.7 Å². The van der Waals surface area contributed by atoms with Gasteiger partial charge in [-0.05, 0) is 13.8 Å². The average molecular weight is 167 g/mol. The summed E-state index contributed by atoms with van der Waals surface area (Å²) in [6, 6.07) is -0.0255. The van der Waals surface area contributed by atoms with Crippen molar-refractivity contribution in [3.05, 3.63) is 12.2 Å². The molecule has 1 heterocycles. The van der Waals surface area contributed by atoms with Gasteiger partial charge in [0, 0.05) is 7.05 Å². The molecule has 0 spiro atoms. The maximum atomic E-state index is 5.44. The van der Waals surface area contributed by atoms with Crippen LogP contribution in [0.15, 0.2) is 11.3 Å². The number of amidine groups is 1. The lowest BCUT2D eigenvalue weighted by molar-refractivity contribution is 0.685. The lowest BCUT2D eigenvalue weighted by Gasteiger charge is -2.04. The predicted molar refractivity (Wildman–Crippen MR) is 46.7 cm³/mol. The Balaban J connectivity index is 2.85. The minimum atomic E-state index is -0.0255. The number of aromatic nitrogens is 3. The highest BCUT2D eigenvalue weighted by molar-refractivity contribution is 5.77. The Hall–Kier alpha value is -1.39. The first-order valence-corrected chi connectivity index (χ1v) is 3.75. The van der Waals surface area contributed by atoms with Crippen molar-refractivity contribution in [3.8, 4) is 0 Å². The number of rotatable bonds is 2. The molecule has 1 aromatic heterocycles. The Morgan fingerprint density at radius 3 is 2.83 bits per heavy atom. The highest BCUT2D eigenvalue weighted by Gasteiger charge is 2.08. The molecule has 1 atom stereocenters. The molecule has 1 aromatic rings. The first kappa shape index (κ1) is 8.70. The maximum Gasteiger partial charge on any atom is 0.157 e. The molecule has 0 aliphatic rings. The molecule has 5 nitrogen and oxygen atoms in total. The lowest BCUT2D eigenvalue weighted by atomic mass is 10.3. The van der Waals surface area contributed by atoms with Gasteiger partial charge in [-0.3, -0.25) is 4.99 Å². The summed E-state index contributed by atoms with van der Waals surface area (Å²) in [5.41, 5.74) is 5.44. The van der Waals surface area contributed by atoms with Crippen LogP contribution < -0.4 is 5.73 Å². The molecule has 5 heteroatoms. The number of nitrogens with two attached hydrogens (primary N) is 1. The molecule has 12 heavy (non-hydrogen) atoms. The summed E-state index contributed by atoms with van der Waals surface area (Å²) in [5, 5.41) is 7.67. The van der Waals surface area contributed by atoms with Crippen LogP contribution in [0.2, 0.25) is 0 Å². The molecule has 0 saturated carbocycles. The van der Waals surface area contributed by atoms with Crippen molar-refractivity contribution in [2.75, 3.05) is 0 Å². The minimum absolute atomic E-state index is 0.0255. The van der Waals surface area contributed by atoms with E-state index in [2.05, 4.69) is 15.2 Å². The molecule has 0 aliphatic carbocycles. The molecule has 1 unspecified atom stereocenters. The summed E-state index contributed by atoms with van der Waals surface area (Å²) in [4.78, 5) is 4.15. The maximum absolute atomic E-state index is 5.44. The first-order valence-electron chi connectivity index (χ1n) is 3.75. The third kappa shape index (κ3) is 1.81. The molecule has 0 aliphatic heterocycles. The fraction of sp³-hybridized carbons (Fsp3) is 0.571. The average Bonchev–Trinajstić information content (AvgIpc) is 2.33. The van der Waals surface area contributed by atoms with Crippen molar-refractivity contribution >= 4 is 5.84 Å². The van der Waals surface area contributed by atoms with E-state index in [0.29, 0.717) is 5.84 Å². The van der Waals surface area contributed by atoms with Gasteiger partial charge < -0.3 is 10.3 Å². The van der Waals surface area contributed by atoms with E-state index < -0.39 is 0 Å². The van der Waals surface area contributed by atoms with E-state index in [0.717, 1.165) is 5.82 Å². The number of aliphatic imine (C=N–C) groups is 1. The van der Waals surface area contributed by atoms with Gasteiger partial charge in [0.05, 0.1) is 5.84 Å². The SMILES string of the molecule is CC(N)=NC(C)c1nncn1C. The zero-order valence-corrected chi connectivity index (χ0v) is 7.52. The highest BCUT2D eigenvalue weighted by Crippen LogP contribution is 2.11. The summed E-state index contributed by atoms with van der Waals surface area (Å²) >= 11 is 0. The van der Waals surface area contributed by atoms with Gasteiger partial charge in [-0.2, -0.15) is 0 Å². The molecule has 0 amide bonds. The molecular weight excluding hydrogens is 154 g/mol. The van der Waals surface area contributed by atoms with Crippen LogP contribution in [0.25, 0.3) is 0 Å². The number of nitrogens with zero attached hydrogens (tertiary/aromatic N) is 4. The summed E-state index contributed by atoms with van der Waals surface area (Å²) in [7, 11) is 1.88. The Kier molecular flexibility index (Phi) is 2.42. The molecule has 2 N–H and O–H groups in total. The summed E-state index contributed by atoms with van der Waals surface area (Å²) in [6.45, 7) is 3.69. The van der Waals surface area contributed by atoms with Gasteiger partial charge in [-0.15, -0.1) is 10.2 Å². The first-order chi connectivity index (χ1) is 5.61. The minimum Gasteiger partial charge on any atom is -0.388 e. The number of aryl methyl sites for hydroxylation is 1. The smallest absolute Gasteiger partial charge is 0.157 e. The van der Waals surface area contributed by atoms with E-state index in [-0.39, 0.29) is 6.04 Å². The van der Waals surface area contributed by atoms with E-state index in [1.54, 1.807) is 13.3 Å². The van der Waals surface area contributed by atoms with Crippen LogP contribution in [0, 0.1) is 0 Å². The van der Waals surface area contributed by atoms with Crippen LogP contribution in [0.3, 0.4) is 0 Å². The summed E-state index contributed by atoms with van der Waals surface area (Å²) < 4.78 is 1.83. The lowest BCUT2D eigenvalue weighted by Crippen LogP contribution is -2.09. The van der Waals surface area contributed by atoms with Crippen LogP contribution >= 0.6 is 0 Å². The number of hydrogen-bond donors (Lipinski definition) is 1. The number of hydrogen-bond acceptors (Lipinski definition) is 3. The van der Waals surface area contributed by atoms with E-state index in [9.17, 15) is 0 Å². The standard InChI is InChI=1S/C7H13N5/c1-5(10-6(2)8)7-11-9-4-12(7)3/h4-5H,1-3H3,(H2,8,10). The molecule has 66 valence electrons. The van der Waals surface area contributed by atoms with Crippen LogP contribution in [-0.4, -0.2) is 20.6 Å². The topological polar surface area (TPSA) is 69.1 Å². The van der Waals surface area contributed by atoms with Gasteiger partial charge in [0.25, 0.3) is 0 Å². The van der Waals surface area contributed by atoms with E-state index in [1.807, 2.05) is 18.5 Å². The zero-order valence-electron chi connectivity index (χ0n) is 7.52. The fourth-order valence-electron chi connectivity index (χ4n) is 1.03. The molecule has 0 radical (unpaired) electrons. The van der Waals surface area contributed by atoms with Crippen molar-refractivity contribution in [2.24, 2.45) is 17.8 Å². The van der Waals surface area contributed by atoms with Crippen molar-refractivity contribution < 1.29 is 0 Å². The molecule has 0 fully saturated rings. The normalized spacial score (nSPS) is 14.8. The third-order valence-electron chi connectivity index (χ3n) is 1.52. The van der Waals surface area contributed by atoms with Gasteiger partial charge in [0.2, 0.25) is 0 Å². The monoisotopic (exact) mass is 167 g/mol. The molecular formula is C7H13N5. The van der Waals surface area contributed by atoms with Crippen LogP contribution in [0.5, 0.6) is 0 Å². The van der Waals surface area contributed by atoms with Crippen molar-refractivity contribution in [1.29, 1.82) is 0 Å². The van der Waals surface area contributed by atoms with Crippen LogP contribution in [0.4, 0.5) is 0 Å². The van der Waals surface area contributed by atoms with Gasteiger partial charge in [0.15, 0.2) is 5.82 Å². The van der Waals surface area contributed by atoms with Crippen molar-refractivity contribution in [2.45, 2.75) is 19.9 Å². The Morgan fingerprint density at radius 1 is 1.75 bits per heavy atom. The van der Waals surface area contributed by atoms with Crippen LogP contribution in [-0.2, 0) is 7.05 Å². The second-order valence-electron chi connectivity index (χ2n) is 2.75. The summed E-state index contributed by atoms with van der Waals surface area (Å²) in [6.07, 6.45) is 1.65. The molecule has 1 rings (SSSR count). The molecule has 0 bridgehead atoms. The van der Waals surface area contributed by atoms with Crippen molar-refractivity contribution in [3.63, 3.8) is 0 Å². The van der Waals surface area contributed by atoms with Gasteiger partial charge in [-0.25, -0.2) is 0 Å². The second kappa shape index (κ2) is 3.34. The molecule has 0 aromatic carbocycles. The third-order valence-corrected chi connectivity index (χ3v) is 1.52. The highest BCUT2D eigenvalue weighted by atomic mass is 15.3.